The number of fused-ring (bicyclic) bond motifs is 2. The van der Waals surface area contributed by atoms with Gasteiger partial charge in [-0.2, -0.15) is 0 Å². The van der Waals surface area contributed by atoms with E-state index in [-0.39, 0.29) is 0 Å². The SMILES string of the molecule is CC(=O)N1C(=O)N(C(C)=O)[C@H]2[C@H]1N(C(C)=O)[C@H]1[C@@H](N(C(C)=O)C(=O)N1C(C)=O)N2C(C)=O. The van der Waals surface area contributed by atoms with Crippen LogP contribution in [-0.4, -0.2) is 102 Å². The van der Waals surface area contributed by atoms with E-state index >= 15 is 0 Å². The number of urea groups is 2. The molecule has 0 spiro atoms. The second kappa shape index (κ2) is 7.39. The molecule has 0 aliphatic carbocycles. The molecule has 3 aliphatic rings. The van der Waals surface area contributed by atoms with E-state index < -0.39 is 72.2 Å². The minimum absolute atomic E-state index is 0.624. The maximum absolute atomic E-state index is 13.0. The van der Waals surface area contributed by atoms with Gasteiger partial charge in [0.15, 0.2) is 24.7 Å². The van der Waals surface area contributed by atoms with E-state index in [1.165, 1.54) is 0 Å². The van der Waals surface area contributed by atoms with Crippen LogP contribution in [0.15, 0.2) is 0 Å². The minimum Gasteiger partial charge on any atom is -0.293 e. The Morgan fingerprint density at radius 1 is 0.438 bits per heavy atom. The molecule has 3 heterocycles. The average Bonchev–Trinajstić information content (AvgIpc) is 3.09. The van der Waals surface area contributed by atoms with Gasteiger partial charge in [0, 0.05) is 41.5 Å². The van der Waals surface area contributed by atoms with E-state index in [1.54, 1.807) is 0 Å². The zero-order valence-electron chi connectivity index (χ0n) is 18.3. The molecule has 0 aromatic heterocycles. The third-order valence-electron chi connectivity index (χ3n) is 5.64. The quantitative estimate of drug-likeness (QED) is 0.439. The molecular formula is C18H22N6O8. The van der Waals surface area contributed by atoms with E-state index in [2.05, 4.69) is 0 Å². The first-order chi connectivity index (χ1) is 14.7. The van der Waals surface area contributed by atoms with Gasteiger partial charge in [0.25, 0.3) is 0 Å². The molecule has 10 amide bonds. The van der Waals surface area contributed by atoms with E-state index in [9.17, 15) is 38.4 Å². The van der Waals surface area contributed by atoms with Crippen LogP contribution in [0, 0.1) is 0 Å². The normalized spacial score (nSPS) is 26.9. The fraction of sp³-hybridized carbons (Fsp3) is 0.556. The number of amides is 10. The van der Waals surface area contributed by atoms with Gasteiger partial charge in [-0.3, -0.25) is 38.6 Å². The molecule has 3 aliphatic heterocycles. The first kappa shape index (κ1) is 22.8. The van der Waals surface area contributed by atoms with Crippen LogP contribution in [0.3, 0.4) is 0 Å². The summed E-state index contributed by atoms with van der Waals surface area (Å²) in [7, 11) is 0. The molecule has 4 atom stereocenters. The Balaban J connectivity index is 2.38. The number of nitrogens with zero attached hydrogens (tertiary/aromatic N) is 6. The number of carbonyl (C=O) groups is 8. The zero-order valence-corrected chi connectivity index (χ0v) is 18.3. The third-order valence-corrected chi connectivity index (χ3v) is 5.64. The van der Waals surface area contributed by atoms with Gasteiger partial charge in [0.1, 0.15) is 0 Å². The molecule has 0 aromatic carbocycles. The second-order valence-electron chi connectivity index (χ2n) is 7.63. The van der Waals surface area contributed by atoms with Crippen LogP contribution < -0.4 is 0 Å². The third kappa shape index (κ3) is 2.85. The largest absolute Gasteiger partial charge is 0.337 e. The molecule has 14 heteroatoms. The Hall–Kier alpha value is -3.84. The number of rotatable bonds is 0. The number of hydrogen-bond acceptors (Lipinski definition) is 8. The van der Waals surface area contributed by atoms with Gasteiger partial charge in [0.2, 0.25) is 35.4 Å². The van der Waals surface area contributed by atoms with E-state index in [0.717, 1.165) is 51.3 Å². The van der Waals surface area contributed by atoms with Gasteiger partial charge >= 0.3 is 12.1 Å². The first-order valence-corrected chi connectivity index (χ1v) is 9.60. The van der Waals surface area contributed by atoms with Crippen LogP contribution in [0.5, 0.6) is 0 Å². The zero-order chi connectivity index (χ0) is 24.4. The van der Waals surface area contributed by atoms with Crippen LogP contribution in [-0.2, 0) is 28.8 Å². The molecule has 0 bridgehead atoms. The molecule has 0 radical (unpaired) electrons. The maximum atomic E-state index is 13.0. The summed E-state index contributed by atoms with van der Waals surface area (Å²) in [4.78, 5) is 105. The molecule has 3 rings (SSSR count). The van der Waals surface area contributed by atoms with Crippen molar-refractivity contribution in [2.75, 3.05) is 0 Å². The fourth-order valence-corrected chi connectivity index (χ4v) is 4.63. The first-order valence-electron chi connectivity index (χ1n) is 9.60. The Morgan fingerprint density at radius 2 is 0.625 bits per heavy atom. The van der Waals surface area contributed by atoms with Crippen molar-refractivity contribution in [3.63, 3.8) is 0 Å². The summed E-state index contributed by atoms with van der Waals surface area (Å²) in [5.74, 6) is -4.83. The highest BCUT2D eigenvalue weighted by Gasteiger charge is 2.69. The van der Waals surface area contributed by atoms with Crippen molar-refractivity contribution >= 4 is 47.5 Å². The minimum atomic E-state index is -1.52. The number of piperazine rings is 1. The Bertz CT molecular complexity index is 856. The summed E-state index contributed by atoms with van der Waals surface area (Å²) in [6.45, 7) is 6.29. The standard InChI is InChI=1S/C18H22N6O8/c1-7(25)19-13-15(23(11(5)29)17(31)21(13)9(3)27)20(8(2)26)16-14(19)22(10(4)28)18(32)24(16)12(6)30/h13-16H,1-6H3/t13-,14+,15-,16+. The molecule has 0 aromatic rings. The topological polar surface area (TPSA) is 156 Å². The monoisotopic (exact) mass is 450 g/mol. The molecule has 3 fully saturated rings. The molecule has 32 heavy (non-hydrogen) atoms. The van der Waals surface area contributed by atoms with E-state index in [4.69, 9.17) is 0 Å². The second-order valence-corrected chi connectivity index (χ2v) is 7.63. The summed E-state index contributed by atoms with van der Waals surface area (Å²) >= 11 is 0. The lowest BCUT2D eigenvalue weighted by atomic mass is 10.1. The van der Waals surface area contributed by atoms with Crippen molar-refractivity contribution in [2.24, 2.45) is 0 Å². The van der Waals surface area contributed by atoms with Crippen LogP contribution in [0.1, 0.15) is 41.5 Å². The molecule has 172 valence electrons. The highest BCUT2D eigenvalue weighted by Crippen LogP contribution is 2.42. The van der Waals surface area contributed by atoms with E-state index in [0.29, 0.717) is 19.6 Å². The molecular weight excluding hydrogens is 428 g/mol. The number of imide groups is 4. The van der Waals surface area contributed by atoms with Crippen molar-refractivity contribution in [3.05, 3.63) is 0 Å². The lowest BCUT2D eigenvalue weighted by Crippen LogP contribution is -2.76. The Morgan fingerprint density at radius 3 is 0.750 bits per heavy atom. The summed E-state index contributed by atoms with van der Waals surface area (Å²) in [5, 5.41) is 0. The summed E-state index contributed by atoms with van der Waals surface area (Å²) in [6.07, 6.45) is -6.08. The van der Waals surface area contributed by atoms with Crippen molar-refractivity contribution in [1.82, 2.24) is 29.4 Å². The van der Waals surface area contributed by atoms with Crippen molar-refractivity contribution < 1.29 is 38.4 Å². The van der Waals surface area contributed by atoms with Gasteiger partial charge < -0.3 is 0 Å². The average molecular weight is 450 g/mol. The van der Waals surface area contributed by atoms with E-state index in [1.807, 2.05) is 0 Å². The van der Waals surface area contributed by atoms with Crippen LogP contribution in [0.2, 0.25) is 0 Å². The highest BCUT2D eigenvalue weighted by atomic mass is 16.2. The Labute approximate surface area is 182 Å². The number of carbonyl (C=O) groups excluding carboxylic acids is 8. The van der Waals surface area contributed by atoms with Gasteiger partial charge in [-0.05, 0) is 0 Å². The van der Waals surface area contributed by atoms with Gasteiger partial charge in [0.05, 0.1) is 0 Å². The molecule has 14 nitrogen and oxygen atoms in total. The number of hydrogen-bond donors (Lipinski definition) is 0. The molecule has 0 N–H and O–H groups in total. The van der Waals surface area contributed by atoms with Gasteiger partial charge in [-0.1, -0.05) is 0 Å². The molecule has 0 saturated carbocycles. The summed E-state index contributed by atoms with van der Waals surface area (Å²) in [5.41, 5.74) is 0. The van der Waals surface area contributed by atoms with Gasteiger partial charge in [-0.25, -0.2) is 29.2 Å². The lowest BCUT2D eigenvalue weighted by Gasteiger charge is -2.52. The lowest BCUT2D eigenvalue weighted by molar-refractivity contribution is -0.187. The Kier molecular flexibility index (Phi) is 5.27. The van der Waals surface area contributed by atoms with Crippen molar-refractivity contribution in [3.8, 4) is 0 Å². The maximum Gasteiger partial charge on any atom is 0.337 e. The smallest absolute Gasteiger partial charge is 0.293 e. The van der Waals surface area contributed by atoms with Crippen molar-refractivity contribution in [1.29, 1.82) is 0 Å². The van der Waals surface area contributed by atoms with Crippen LogP contribution in [0.4, 0.5) is 9.59 Å². The fourth-order valence-electron chi connectivity index (χ4n) is 4.63. The predicted molar refractivity (Wildman–Crippen MR) is 101 cm³/mol. The summed E-state index contributed by atoms with van der Waals surface area (Å²) in [6, 6.07) is -2.15. The predicted octanol–water partition coefficient (Wildman–Crippen LogP) is -1.34. The summed E-state index contributed by atoms with van der Waals surface area (Å²) < 4.78 is 0. The van der Waals surface area contributed by atoms with Crippen LogP contribution in [0.25, 0.3) is 0 Å². The van der Waals surface area contributed by atoms with Crippen LogP contribution >= 0.6 is 0 Å². The highest BCUT2D eigenvalue weighted by molar-refractivity contribution is 6.06. The molecule has 3 saturated heterocycles. The molecule has 0 unspecified atom stereocenters. The van der Waals surface area contributed by atoms with Crippen molar-refractivity contribution in [2.45, 2.75) is 66.2 Å². The van der Waals surface area contributed by atoms with Gasteiger partial charge in [-0.15, -0.1) is 0 Å².